The molecular weight excluding hydrogens is 431 g/mol. The smallest absolute Gasteiger partial charge is 0.191 e. The minimum absolute atomic E-state index is 0. The summed E-state index contributed by atoms with van der Waals surface area (Å²) in [4.78, 5) is 11.7. The van der Waals surface area contributed by atoms with Crippen molar-refractivity contribution in [2.75, 3.05) is 92.8 Å². The van der Waals surface area contributed by atoms with Crippen molar-refractivity contribution in [3.05, 3.63) is 0 Å². The summed E-state index contributed by atoms with van der Waals surface area (Å²) in [6.07, 6.45) is 0. The van der Waals surface area contributed by atoms with Crippen LogP contribution < -0.4 is 10.6 Å². The maximum Gasteiger partial charge on any atom is 0.191 e. The zero-order valence-electron chi connectivity index (χ0n) is 16.2. The number of guanidine groups is 1. The molecule has 0 aromatic carbocycles. The van der Waals surface area contributed by atoms with Gasteiger partial charge in [0.2, 0.25) is 0 Å². The van der Waals surface area contributed by atoms with Gasteiger partial charge in [-0.2, -0.15) is 0 Å². The van der Waals surface area contributed by atoms with Gasteiger partial charge in [0.05, 0.1) is 13.2 Å². The number of hydrogen-bond donors (Lipinski definition) is 2. The largest absolute Gasteiger partial charge is 0.379 e. The standard InChI is InChI=1S/C17H36N6O.HI/c1-16(15-23-8-6-21(3)7-9-23)14-20-17(18-2)19-4-5-22-10-12-24-13-11-22;/h16H,4-15H2,1-3H3,(H2,18,19,20);1H. The molecule has 0 amide bonds. The third-order valence-electron chi connectivity index (χ3n) is 4.83. The van der Waals surface area contributed by atoms with Gasteiger partial charge in [0.25, 0.3) is 0 Å². The highest BCUT2D eigenvalue weighted by molar-refractivity contribution is 14.0. The van der Waals surface area contributed by atoms with E-state index in [-0.39, 0.29) is 24.0 Å². The first-order chi connectivity index (χ1) is 11.7. The quantitative estimate of drug-likeness (QED) is 0.312. The van der Waals surface area contributed by atoms with Crippen molar-refractivity contribution in [2.24, 2.45) is 10.9 Å². The molecule has 7 nitrogen and oxygen atoms in total. The summed E-state index contributed by atoms with van der Waals surface area (Å²) in [6.45, 7) is 14.9. The summed E-state index contributed by atoms with van der Waals surface area (Å²) in [7, 11) is 4.05. The van der Waals surface area contributed by atoms with Crippen molar-refractivity contribution in [2.45, 2.75) is 6.92 Å². The predicted molar refractivity (Wildman–Crippen MR) is 115 cm³/mol. The van der Waals surface area contributed by atoms with E-state index in [2.05, 4.69) is 44.3 Å². The highest BCUT2D eigenvalue weighted by Gasteiger charge is 2.16. The van der Waals surface area contributed by atoms with Crippen LogP contribution in [0.25, 0.3) is 0 Å². The maximum absolute atomic E-state index is 5.38. The molecule has 0 aromatic heterocycles. The summed E-state index contributed by atoms with van der Waals surface area (Å²) in [5.74, 6) is 1.53. The van der Waals surface area contributed by atoms with E-state index in [4.69, 9.17) is 4.74 Å². The van der Waals surface area contributed by atoms with Gasteiger partial charge in [-0.25, -0.2) is 0 Å². The van der Waals surface area contributed by atoms with E-state index in [1.807, 2.05) is 7.05 Å². The van der Waals surface area contributed by atoms with Gasteiger partial charge in [0.15, 0.2) is 5.96 Å². The zero-order chi connectivity index (χ0) is 17.2. The van der Waals surface area contributed by atoms with Crippen LogP contribution in [0.5, 0.6) is 0 Å². The van der Waals surface area contributed by atoms with Crippen LogP contribution in [0, 0.1) is 5.92 Å². The first-order valence-corrected chi connectivity index (χ1v) is 9.33. The normalized spacial score (nSPS) is 22.3. The average molecular weight is 468 g/mol. The topological polar surface area (TPSA) is 55.4 Å². The Morgan fingerprint density at radius 3 is 2.36 bits per heavy atom. The van der Waals surface area contributed by atoms with Crippen molar-refractivity contribution < 1.29 is 4.74 Å². The summed E-state index contributed by atoms with van der Waals surface area (Å²) in [6, 6.07) is 0. The Balaban J connectivity index is 0.00000312. The zero-order valence-corrected chi connectivity index (χ0v) is 18.5. The van der Waals surface area contributed by atoms with Gasteiger partial charge in [-0.05, 0) is 13.0 Å². The number of halogens is 1. The van der Waals surface area contributed by atoms with Crippen LogP contribution in [0.1, 0.15) is 6.92 Å². The Labute approximate surface area is 170 Å². The number of hydrogen-bond acceptors (Lipinski definition) is 5. The highest BCUT2D eigenvalue weighted by atomic mass is 127. The molecule has 2 heterocycles. The number of likely N-dealkylation sites (N-methyl/N-ethyl adjacent to an activating group) is 1. The molecule has 0 radical (unpaired) electrons. The second-order valence-corrected chi connectivity index (χ2v) is 7.04. The van der Waals surface area contributed by atoms with Gasteiger partial charge in [0.1, 0.15) is 0 Å². The fraction of sp³-hybridized carbons (Fsp3) is 0.941. The van der Waals surface area contributed by atoms with Crippen LogP contribution in [-0.4, -0.2) is 113 Å². The molecule has 148 valence electrons. The fourth-order valence-electron chi connectivity index (χ4n) is 3.18. The third kappa shape index (κ3) is 9.37. The maximum atomic E-state index is 5.38. The minimum Gasteiger partial charge on any atom is -0.379 e. The van der Waals surface area contributed by atoms with E-state index < -0.39 is 0 Å². The van der Waals surface area contributed by atoms with E-state index in [1.165, 1.54) is 26.2 Å². The SMILES string of the molecule is CN=C(NCCN1CCOCC1)NCC(C)CN1CCN(C)CC1.I. The Morgan fingerprint density at radius 1 is 1.04 bits per heavy atom. The lowest BCUT2D eigenvalue weighted by atomic mass is 10.1. The summed E-state index contributed by atoms with van der Waals surface area (Å²) in [5, 5.41) is 6.88. The van der Waals surface area contributed by atoms with Crippen LogP contribution in [0.3, 0.4) is 0 Å². The molecule has 2 aliphatic heterocycles. The molecule has 0 aliphatic carbocycles. The molecule has 25 heavy (non-hydrogen) atoms. The lowest BCUT2D eigenvalue weighted by Gasteiger charge is -2.34. The van der Waals surface area contributed by atoms with Crippen LogP contribution in [-0.2, 0) is 4.74 Å². The molecular formula is C17H37IN6O. The average Bonchev–Trinajstić information content (AvgIpc) is 2.61. The molecule has 2 saturated heterocycles. The first-order valence-electron chi connectivity index (χ1n) is 9.33. The molecule has 0 bridgehead atoms. The molecule has 0 spiro atoms. The van der Waals surface area contributed by atoms with Crippen molar-refractivity contribution >= 4 is 29.9 Å². The van der Waals surface area contributed by atoms with Crippen molar-refractivity contribution in [3.8, 4) is 0 Å². The summed E-state index contributed by atoms with van der Waals surface area (Å²) in [5.41, 5.74) is 0. The number of piperazine rings is 1. The molecule has 2 N–H and O–H groups in total. The number of ether oxygens (including phenoxy) is 1. The molecule has 2 aliphatic rings. The Kier molecular flexibility index (Phi) is 12.0. The van der Waals surface area contributed by atoms with Crippen LogP contribution in [0.15, 0.2) is 4.99 Å². The second-order valence-electron chi connectivity index (χ2n) is 7.04. The molecule has 0 saturated carbocycles. The first kappa shape index (κ1) is 22.9. The monoisotopic (exact) mass is 468 g/mol. The highest BCUT2D eigenvalue weighted by Crippen LogP contribution is 2.03. The summed E-state index contributed by atoms with van der Waals surface area (Å²) >= 11 is 0. The van der Waals surface area contributed by atoms with Gasteiger partial charge in [0, 0.05) is 72.5 Å². The second kappa shape index (κ2) is 13.1. The van der Waals surface area contributed by atoms with Crippen LogP contribution in [0.2, 0.25) is 0 Å². The number of morpholine rings is 1. The molecule has 2 rings (SSSR count). The summed E-state index contributed by atoms with van der Waals surface area (Å²) < 4.78 is 5.38. The van der Waals surface area contributed by atoms with Crippen molar-refractivity contribution in [1.82, 2.24) is 25.3 Å². The van der Waals surface area contributed by atoms with E-state index in [1.54, 1.807) is 0 Å². The van der Waals surface area contributed by atoms with Gasteiger partial charge in [-0.3, -0.25) is 9.89 Å². The fourth-order valence-corrected chi connectivity index (χ4v) is 3.18. The minimum atomic E-state index is 0. The van der Waals surface area contributed by atoms with Crippen molar-refractivity contribution in [1.29, 1.82) is 0 Å². The molecule has 0 aromatic rings. The van der Waals surface area contributed by atoms with Gasteiger partial charge in [-0.1, -0.05) is 6.92 Å². The molecule has 8 heteroatoms. The van der Waals surface area contributed by atoms with Crippen LogP contribution >= 0.6 is 24.0 Å². The third-order valence-corrected chi connectivity index (χ3v) is 4.83. The number of rotatable bonds is 7. The Morgan fingerprint density at radius 2 is 1.72 bits per heavy atom. The Hall–Kier alpha value is -0.160. The van der Waals surface area contributed by atoms with E-state index >= 15 is 0 Å². The van der Waals surface area contributed by atoms with Gasteiger partial charge >= 0.3 is 0 Å². The van der Waals surface area contributed by atoms with Crippen molar-refractivity contribution in [3.63, 3.8) is 0 Å². The van der Waals surface area contributed by atoms with E-state index in [0.717, 1.165) is 58.4 Å². The molecule has 1 unspecified atom stereocenters. The molecule has 2 fully saturated rings. The molecule has 1 atom stereocenters. The Bertz CT molecular complexity index is 370. The number of aliphatic imine (C=N–C) groups is 1. The van der Waals surface area contributed by atoms with Crippen LogP contribution in [0.4, 0.5) is 0 Å². The van der Waals surface area contributed by atoms with E-state index in [9.17, 15) is 0 Å². The lowest BCUT2D eigenvalue weighted by molar-refractivity contribution is 0.0389. The predicted octanol–water partition coefficient (Wildman–Crippen LogP) is -0.0149. The lowest BCUT2D eigenvalue weighted by Crippen LogP contribution is -2.48. The van der Waals surface area contributed by atoms with Gasteiger partial charge < -0.3 is 25.2 Å². The number of nitrogens with zero attached hydrogens (tertiary/aromatic N) is 4. The van der Waals surface area contributed by atoms with Gasteiger partial charge in [-0.15, -0.1) is 24.0 Å². The van der Waals surface area contributed by atoms with E-state index in [0.29, 0.717) is 5.92 Å². The number of nitrogens with one attached hydrogen (secondary N) is 2.